The van der Waals surface area contributed by atoms with Gasteiger partial charge in [0.05, 0.1) is 0 Å². The summed E-state index contributed by atoms with van der Waals surface area (Å²) in [5.41, 5.74) is 0. The van der Waals surface area contributed by atoms with Crippen LogP contribution in [0.5, 0.6) is 0 Å². The van der Waals surface area contributed by atoms with Gasteiger partial charge in [-0.1, -0.05) is 23.3 Å². The molecule has 0 spiro atoms. The van der Waals surface area contributed by atoms with Crippen molar-refractivity contribution in [2.75, 3.05) is 0 Å². The first-order chi connectivity index (χ1) is 6.91. The second-order valence-electron chi connectivity index (χ2n) is 0.829. The Hall–Kier alpha value is 4.90. The van der Waals surface area contributed by atoms with Gasteiger partial charge < -0.3 is 0 Å². The topological polar surface area (TPSA) is 0 Å². The van der Waals surface area contributed by atoms with Gasteiger partial charge in [-0.05, 0) is 118 Å². The van der Waals surface area contributed by atoms with Crippen LogP contribution >= 0.6 is 141 Å². The molecule has 0 heterocycles. The van der Waals surface area contributed by atoms with Gasteiger partial charge >= 0.3 is 0 Å². The Morgan fingerprint density at radius 3 is 0.786 bits per heavy atom. The van der Waals surface area contributed by atoms with Gasteiger partial charge in [0.2, 0.25) is 0 Å². The molecule has 0 aliphatic carbocycles. The minimum atomic E-state index is 1.48. The lowest BCUT2D eigenvalue weighted by Gasteiger charge is -1.96. The molecule has 0 aromatic rings. The third-order valence-electron chi connectivity index (χ3n) is 0.311. The Kier molecular flexibility index (Phi) is 24.2. The van der Waals surface area contributed by atoms with Crippen LogP contribution in [0, 0.1) is 0 Å². The summed E-state index contributed by atoms with van der Waals surface area (Å²) in [5.74, 6) is 0. The quantitative estimate of drug-likeness (QED) is 0.176. The molecular formula is H2S14. The highest BCUT2D eigenvalue weighted by Gasteiger charge is 1.96. The van der Waals surface area contributed by atoms with Gasteiger partial charge in [0.25, 0.3) is 0 Å². The number of hydrogen-bond acceptors (Lipinski definition) is 14. The zero-order valence-electron chi connectivity index (χ0n) is 5.79. The zero-order valence-corrected chi connectivity index (χ0v) is 17.4. The lowest BCUT2D eigenvalue weighted by atomic mass is 30.1. The van der Waals surface area contributed by atoms with Crippen LogP contribution in [0.1, 0.15) is 0 Å². The maximum atomic E-state index is 4.02. The number of thiol groups is 2. The summed E-state index contributed by atoms with van der Waals surface area (Å²) < 4.78 is 0. The molecule has 0 unspecified atom stereocenters. The third-order valence-corrected chi connectivity index (χ3v) is 25.2. The molecule has 0 aliphatic rings. The highest BCUT2D eigenvalue weighted by molar-refractivity contribution is 9.56. The fourth-order valence-corrected chi connectivity index (χ4v) is 28.1. The highest BCUT2D eigenvalue weighted by atomic mass is 34.0. The largest absolute Gasteiger partial charge is 0.0988 e. The average Bonchev–Trinajstić information content (AvgIpc) is 2.21. The Morgan fingerprint density at radius 1 is 0.357 bits per heavy atom. The van der Waals surface area contributed by atoms with Crippen LogP contribution in [0.3, 0.4) is 0 Å². The summed E-state index contributed by atoms with van der Waals surface area (Å²) in [6.45, 7) is 0. The molecule has 0 amide bonds. The third kappa shape index (κ3) is 16.9. The predicted octanol–water partition coefficient (Wildman–Crippen LogP) is 8.54. The monoisotopic (exact) mass is 450 g/mol. The summed E-state index contributed by atoms with van der Waals surface area (Å²) in [4.78, 5) is 0. The maximum Gasteiger partial charge on any atom is -0.0000000000133 e. The molecule has 0 atom stereocenters. The first kappa shape index (κ1) is 18.9. The second-order valence-corrected chi connectivity index (χ2v) is 22.4. The van der Waals surface area contributed by atoms with E-state index in [1.165, 1.54) is 19.7 Å². The number of rotatable bonds is 11. The SMILES string of the molecule is SSSSSSSSSSSSSS. The van der Waals surface area contributed by atoms with Crippen LogP contribution in [-0.4, -0.2) is 0 Å². The van der Waals surface area contributed by atoms with Gasteiger partial charge in [-0.2, -0.15) is 0 Å². The van der Waals surface area contributed by atoms with Crippen LogP contribution in [0.2, 0.25) is 0 Å². The van der Waals surface area contributed by atoms with E-state index in [2.05, 4.69) is 23.3 Å². The minimum Gasteiger partial charge on any atom is -0.0988 e. The zero-order chi connectivity index (χ0) is 10.5. The summed E-state index contributed by atoms with van der Waals surface area (Å²) in [5, 5.41) is 0. The average molecular weight is 451 g/mol. The van der Waals surface area contributed by atoms with E-state index in [4.69, 9.17) is 0 Å². The Morgan fingerprint density at radius 2 is 0.571 bits per heavy atom. The van der Waals surface area contributed by atoms with Crippen molar-refractivity contribution in [2.24, 2.45) is 0 Å². The van der Waals surface area contributed by atoms with Crippen molar-refractivity contribution in [2.45, 2.75) is 0 Å². The Balaban J connectivity index is 2.78. The molecule has 86 valence electrons. The summed E-state index contributed by atoms with van der Waals surface area (Å²) >= 11 is 8.03. The van der Waals surface area contributed by atoms with Crippen molar-refractivity contribution in [3.05, 3.63) is 0 Å². The van der Waals surface area contributed by atoms with E-state index in [0.29, 0.717) is 0 Å². The van der Waals surface area contributed by atoms with Crippen LogP contribution in [0.15, 0.2) is 0 Å². The molecule has 0 bridgehead atoms. The van der Waals surface area contributed by atoms with Crippen LogP contribution in [0.25, 0.3) is 0 Å². The molecule has 0 nitrogen and oxygen atoms in total. The van der Waals surface area contributed by atoms with E-state index in [-0.39, 0.29) is 0 Å². The van der Waals surface area contributed by atoms with E-state index < -0.39 is 0 Å². The summed E-state index contributed by atoms with van der Waals surface area (Å²) in [6, 6.07) is 0. The lowest BCUT2D eigenvalue weighted by Crippen LogP contribution is -1.31. The standard InChI is InChI=1S/H2S14/c1-3-5-7-9-11-13-14-12-10-8-6-4-2/h1-2H. The van der Waals surface area contributed by atoms with Crippen LogP contribution in [-0.2, 0) is 0 Å². The fourth-order valence-electron chi connectivity index (χ4n) is 0.116. The van der Waals surface area contributed by atoms with Crippen LogP contribution < -0.4 is 0 Å². The predicted molar refractivity (Wildman–Crippen MR) is 109 cm³/mol. The molecule has 0 aromatic carbocycles. The normalized spacial score (nSPS) is 10.7. The molecule has 0 radical (unpaired) electrons. The van der Waals surface area contributed by atoms with Crippen molar-refractivity contribution in [3.63, 3.8) is 0 Å². The van der Waals surface area contributed by atoms with Crippen molar-refractivity contribution in [3.8, 4) is 0 Å². The Bertz CT molecular complexity index is 74.0. The molecule has 0 rings (SSSR count). The fraction of sp³-hybridized carbons (Fsp3) is 0. The molecule has 0 aliphatic heterocycles. The van der Waals surface area contributed by atoms with E-state index in [1.54, 1.807) is 98.3 Å². The summed E-state index contributed by atoms with van der Waals surface area (Å²) in [7, 11) is 20.4. The molecule has 14 heteroatoms. The van der Waals surface area contributed by atoms with Crippen molar-refractivity contribution in [1.82, 2.24) is 0 Å². The lowest BCUT2D eigenvalue weighted by molar-refractivity contribution is 5.64. The van der Waals surface area contributed by atoms with Crippen molar-refractivity contribution >= 4 is 141 Å². The molecule has 0 fully saturated rings. The first-order valence-corrected chi connectivity index (χ1v) is 19.8. The minimum absolute atomic E-state index is 1.48. The molecule has 0 aromatic heterocycles. The van der Waals surface area contributed by atoms with E-state index in [9.17, 15) is 0 Å². The molecule has 14 heavy (non-hydrogen) atoms. The molecule has 0 saturated carbocycles. The molecule has 0 saturated heterocycles. The van der Waals surface area contributed by atoms with Gasteiger partial charge in [0, 0.05) is 0 Å². The van der Waals surface area contributed by atoms with Crippen molar-refractivity contribution < 1.29 is 0 Å². The van der Waals surface area contributed by atoms with Gasteiger partial charge in [-0.3, -0.25) is 0 Å². The molecular weight excluding hydrogens is 449 g/mol. The van der Waals surface area contributed by atoms with Crippen molar-refractivity contribution in [1.29, 1.82) is 0 Å². The maximum absolute atomic E-state index is 4.02. The van der Waals surface area contributed by atoms with Gasteiger partial charge in [-0.15, -0.1) is 0 Å². The smallest absolute Gasteiger partial charge is 0.0000000000133 e. The second kappa shape index (κ2) is 17.9. The first-order valence-electron chi connectivity index (χ1n) is 2.20. The van der Waals surface area contributed by atoms with Gasteiger partial charge in [0.15, 0.2) is 0 Å². The van der Waals surface area contributed by atoms with Gasteiger partial charge in [0.1, 0.15) is 0 Å². The molecule has 0 N–H and O–H groups in total. The van der Waals surface area contributed by atoms with E-state index >= 15 is 0 Å². The van der Waals surface area contributed by atoms with Gasteiger partial charge in [-0.25, -0.2) is 0 Å². The Labute approximate surface area is 138 Å². The summed E-state index contributed by atoms with van der Waals surface area (Å²) in [6.07, 6.45) is 0. The number of hydrogen-bond donors (Lipinski definition) is 2. The highest BCUT2D eigenvalue weighted by Crippen LogP contribution is 2.61. The van der Waals surface area contributed by atoms with E-state index in [1.807, 2.05) is 0 Å². The van der Waals surface area contributed by atoms with E-state index in [0.717, 1.165) is 0 Å². The van der Waals surface area contributed by atoms with Crippen LogP contribution in [0.4, 0.5) is 0 Å².